The summed E-state index contributed by atoms with van der Waals surface area (Å²) in [5.74, 6) is -2.48. The van der Waals surface area contributed by atoms with Crippen LogP contribution in [0.15, 0.2) is 22.5 Å². The highest BCUT2D eigenvalue weighted by molar-refractivity contribution is 7.93. The molecule has 1 aromatic carbocycles. The number of nitrogens with zero attached hydrogens (tertiary/aromatic N) is 2. The minimum absolute atomic E-state index is 0.0159. The van der Waals surface area contributed by atoms with Gasteiger partial charge < -0.3 is 4.90 Å². The number of hydrogen-bond donors (Lipinski definition) is 1. The molecule has 130 valence electrons. The summed E-state index contributed by atoms with van der Waals surface area (Å²) in [5, 5.41) is 1.15. The lowest BCUT2D eigenvalue weighted by atomic mass is 10.2. The van der Waals surface area contributed by atoms with Crippen LogP contribution in [0.25, 0.3) is 0 Å². The van der Waals surface area contributed by atoms with E-state index in [1.165, 1.54) is 11.6 Å². The summed E-state index contributed by atoms with van der Waals surface area (Å²) in [4.78, 5) is 4.42. The average Bonchev–Trinajstić information content (AvgIpc) is 3.14. The second-order valence-electron chi connectivity index (χ2n) is 5.46. The molecule has 1 N–H and O–H groups in total. The number of halogens is 3. The SMILES string of the molecule is C[C@@H]1CCCN1c1cc(F)c(S(=O)(=O)Nc2nccs2)c(F)c1Cl. The van der Waals surface area contributed by atoms with E-state index in [4.69, 9.17) is 11.6 Å². The van der Waals surface area contributed by atoms with Crippen molar-refractivity contribution in [3.05, 3.63) is 34.3 Å². The van der Waals surface area contributed by atoms with Crippen molar-refractivity contribution in [3.63, 3.8) is 0 Å². The standard InChI is InChI=1S/C14H14ClF2N3O2S2/c1-8-3-2-5-20(8)10-7-9(16)13(12(17)11(10)15)24(21,22)19-14-18-4-6-23-14/h4,6-8H,2-3,5H2,1H3,(H,18,19)/t8-/m1/s1. The number of benzene rings is 1. The molecule has 0 aliphatic carbocycles. The molecule has 2 heterocycles. The van der Waals surface area contributed by atoms with Gasteiger partial charge in [-0.05, 0) is 19.8 Å². The first-order valence-corrected chi connectivity index (χ1v) is 9.92. The largest absolute Gasteiger partial charge is 0.367 e. The molecule has 0 bridgehead atoms. The molecule has 1 saturated heterocycles. The topological polar surface area (TPSA) is 62.3 Å². The Kier molecular flexibility index (Phi) is 4.67. The number of hydrogen-bond acceptors (Lipinski definition) is 5. The molecule has 1 atom stereocenters. The number of rotatable bonds is 4. The van der Waals surface area contributed by atoms with Crippen molar-refractivity contribution >= 4 is 43.8 Å². The molecule has 0 amide bonds. The first-order valence-electron chi connectivity index (χ1n) is 7.17. The lowest BCUT2D eigenvalue weighted by Crippen LogP contribution is -2.27. The van der Waals surface area contributed by atoms with Crippen LogP contribution in [0.1, 0.15) is 19.8 Å². The van der Waals surface area contributed by atoms with Gasteiger partial charge in [-0.25, -0.2) is 22.2 Å². The van der Waals surface area contributed by atoms with Gasteiger partial charge in [-0.2, -0.15) is 0 Å². The van der Waals surface area contributed by atoms with Gasteiger partial charge in [0.1, 0.15) is 10.8 Å². The van der Waals surface area contributed by atoms with Crippen molar-refractivity contribution in [1.82, 2.24) is 4.98 Å². The van der Waals surface area contributed by atoms with Gasteiger partial charge in [-0.3, -0.25) is 4.72 Å². The molecule has 0 unspecified atom stereocenters. The van der Waals surface area contributed by atoms with Crippen molar-refractivity contribution < 1.29 is 17.2 Å². The molecule has 1 aliphatic rings. The molecule has 0 saturated carbocycles. The lowest BCUT2D eigenvalue weighted by Gasteiger charge is -2.25. The molecule has 24 heavy (non-hydrogen) atoms. The molecule has 0 radical (unpaired) electrons. The third kappa shape index (κ3) is 3.07. The zero-order chi connectivity index (χ0) is 17.5. The van der Waals surface area contributed by atoms with E-state index in [0.717, 1.165) is 30.2 Å². The van der Waals surface area contributed by atoms with Crippen molar-refractivity contribution in [3.8, 4) is 0 Å². The fraction of sp³-hybridized carbons (Fsp3) is 0.357. The van der Waals surface area contributed by atoms with E-state index >= 15 is 0 Å². The summed E-state index contributed by atoms with van der Waals surface area (Å²) in [5.41, 5.74) is 0.171. The molecule has 1 aliphatic heterocycles. The number of sulfonamides is 1. The quantitative estimate of drug-likeness (QED) is 0.801. The van der Waals surface area contributed by atoms with E-state index in [9.17, 15) is 17.2 Å². The fourth-order valence-electron chi connectivity index (χ4n) is 2.75. The molecule has 0 spiro atoms. The van der Waals surface area contributed by atoms with Crippen LogP contribution in [0.4, 0.5) is 19.6 Å². The zero-order valence-corrected chi connectivity index (χ0v) is 15.0. The van der Waals surface area contributed by atoms with Crippen molar-refractivity contribution in [2.45, 2.75) is 30.7 Å². The smallest absolute Gasteiger partial charge is 0.269 e. The maximum atomic E-state index is 14.6. The van der Waals surface area contributed by atoms with Gasteiger partial charge in [0.25, 0.3) is 10.0 Å². The average molecular weight is 394 g/mol. The van der Waals surface area contributed by atoms with E-state index < -0.39 is 31.6 Å². The Balaban J connectivity index is 2.05. The Morgan fingerprint density at radius 2 is 2.21 bits per heavy atom. The van der Waals surface area contributed by atoms with Crippen molar-refractivity contribution in [2.24, 2.45) is 0 Å². The van der Waals surface area contributed by atoms with E-state index in [0.29, 0.717) is 6.54 Å². The predicted molar refractivity (Wildman–Crippen MR) is 90.3 cm³/mol. The molecule has 1 aromatic heterocycles. The highest BCUT2D eigenvalue weighted by atomic mass is 35.5. The Bertz CT molecular complexity index is 859. The van der Waals surface area contributed by atoms with Gasteiger partial charge in [-0.1, -0.05) is 11.6 Å². The number of thiazole rings is 1. The van der Waals surface area contributed by atoms with Gasteiger partial charge in [0.05, 0.1) is 5.69 Å². The first kappa shape index (κ1) is 17.4. The highest BCUT2D eigenvalue weighted by Gasteiger charge is 2.32. The van der Waals surface area contributed by atoms with Gasteiger partial charge in [0, 0.05) is 30.2 Å². The van der Waals surface area contributed by atoms with Crippen LogP contribution >= 0.6 is 22.9 Å². The van der Waals surface area contributed by atoms with Gasteiger partial charge in [-0.15, -0.1) is 11.3 Å². The van der Waals surface area contributed by atoms with Crippen LogP contribution in [0, 0.1) is 11.6 Å². The first-order chi connectivity index (χ1) is 11.3. The molecule has 3 rings (SSSR count). The van der Waals surface area contributed by atoms with Crippen molar-refractivity contribution in [2.75, 3.05) is 16.2 Å². The van der Waals surface area contributed by atoms with Crippen LogP contribution in [0.3, 0.4) is 0 Å². The number of aromatic nitrogens is 1. The minimum Gasteiger partial charge on any atom is -0.367 e. The van der Waals surface area contributed by atoms with E-state index in [2.05, 4.69) is 4.98 Å². The summed E-state index contributed by atoms with van der Waals surface area (Å²) in [7, 11) is -4.48. The monoisotopic (exact) mass is 393 g/mol. The Labute approximate surface area is 147 Å². The Morgan fingerprint density at radius 1 is 1.46 bits per heavy atom. The van der Waals surface area contributed by atoms with Gasteiger partial charge >= 0.3 is 0 Å². The maximum Gasteiger partial charge on any atom is 0.269 e. The zero-order valence-electron chi connectivity index (χ0n) is 12.6. The fourth-order valence-corrected chi connectivity index (χ4v) is 5.00. The van der Waals surface area contributed by atoms with Crippen LogP contribution in [-0.4, -0.2) is 26.0 Å². The second-order valence-corrected chi connectivity index (χ2v) is 8.35. The summed E-state index contributed by atoms with van der Waals surface area (Å²) < 4.78 is 55.7. The summed E-state index contributed by atoms with van der Waals surface area (Å²) in [6.07, 6.45) is 3.14. The van der Waals surface area contributed by atoms with E-state index in [-0.39, 0.29) is 16.9 Å². The van der Waals surface area contributed by atoms with Gasteiger partial charge in [0.2, 0.25) is 0 Å². The summed E-state index contributed by atoms with van der Waals surface area (Å²) in [6, 6.07) is 1.06. The number of nitrogens with one attached hydrogen (secondary N) is 1. The van der Waals surface area contributed by atoms with Crippen LogP contribution in [0.2, 0.25) is 5.02 Å². The highest BCUT2D eigenvalue weighted by Crippen LogP contribution is 2.38. The van der Waals surface area contributed by atoms with Crippen LogP contribution < -0.4 is 9.62 Å². The molecule has 2 aromatic rings. The normalized spacial score (nSPS) is 18.2. The van der Waals surface area contributed by atoms with E-state index in [1.54, 1.807) is 4.90 Å². The third-order valence-corrected chi connectivity index (χ3v) is 6.43. The molecule has 1 fully saturated rings. The second kappa shape index (κ2) is 6.45. The molecular formula is C14H14ClF2N3O2S2. The maximum absolute atomic E-state index is 14.6. The van der Waals surface area contributed by atoms with Crippen LogP contribution in [0.5, 0.6) is 0 Å². The summed E-state index contributed by atoms with van der Waals surface area (Å²) >= 11 is 7.01. The molecule has 5 nitrogen and oxygen atoms in total. The molecular weight excluding hydrogens is 380 g/mol. The summed E-state index contributed by atoms with van der Waals surface area (Å²) in [6.45, 7) is 2.54. The van der Waals surface area contributed by atoms with Crippen LogP contribution in [-0.2, 0) is 10.0 Å². The lowest BCUT2D eigenvalue weighted by molar-refractivity contribution is 0.520. The molecule has 10 heteroatoms. The van der Waals surface area contributed by atoms with Crippen molar-refractivity contribution in [1.29, 1.82) is 0 Å². The Morgan fingerprint density at radius 3 is 2.79 bits per heavy atom. The number of anilines is 2. The predicted octanol–water partition coefficient (Wildman–Crippen LogP) is 3.86. The minimum atomic E-state index is -4.48. The third-order valence-electron chi connectivity index (χ3n) is 3.88. The Hall–Kier alpha value is -1.45. The van der Waals surface area contributed by atoms with E-state index in [1.807, 2.05) is 11.6 Å². The van der Waals surface area contributed by atoms with Gasteiger partial charge in [0.15, 0.2) is 15.8 Å².